The van der Waals surface area contributed by atoms with Gasteiger partial charge in [-0.2, -0.15) is 12.6 Å². The maximum Gasteiger partial charge on any atom is 0.0433 e. The van der Waals surface area contributed by atoms with Crippen LogP contribution < -0.4 is 0 Å². The average molecular weight is 134 g/mol. The quantitative estimate of drug-likeness (QED) is 0.556. The molecule has 0 fully saturated rings. The van der Waals surface area contributed by atoms with E-state index in [1.54, 1.807) is 0 Å². The molecule has 1 unspecified atom stereocenters. The highest BCUT2D eigenvalue weighted by Gasteiger charge is 2.00. The Morgan fingerprint density at radius 1 is 1.62 bits per heavy atom. The third-order valence-corrected chi connectivity index (χ3v) is 1.89. The first-order valence-electron chi connectivity index (χ1n) is 3.06. The topological polar surface area (TPSA) is 20.2 Å². The lowest BCUT2D eigenvalue weighted by atomic mass is 10.1. The zero-order valence-electron chi connectivity index (χ0n) is 5.30. The SMILES string of the molecule is CCC(CS)CCO. The van der Waals surface area contributed by atoms with Crippen molar-refractivity contribution in [2.24, 2.45) is 5.92 Å². The van der Waals surface area contributed by atoms with Gasteiger partial charge in [0.1, 0.15) is 0 Å². The van der Waals surface area contributed by atoms with Crippen molar-refractivity contribution in [1.82, 2.24) is 0 Å². The molecule has 0 aliphatic carbocycles. The lowest BCUT2D eigenvalue weighted by Gasteiger charge is -2.07. The standard InChI is InChI=1S/C6H14OS/c1-2-6(5-8)3-4-7/h6-8H,2-5H2,1H3. The number of hydrogen-bond acceptors (Lipinski definition) is 2. The minimum atomic E-state index is 0.305. The van der Waals surface area contributed by atoms with Crippen LogP contribution in [-0.4, -0.2) is 17.5 Å². The van der Waals surface area contributed by atoms with Crippen molar-refractivity contribution in [1.29, 1.82) is 0 Å². The molecule has 1 atom stereocenters. The molecule has 0 heterocycles. The first-order valence-corrected chi connectivity index (χ1v) is 3.70. The molecule has 0 aromatic carbocycles. The average Bonchev–Trinajstić information content (AvgIpc) is 1.83. The second kappa shape index (κ2) is 5.45. The van der Waals surface area contributed by atoms with Gasteiger partial charge >= 0.3 is 0 Å². The zero-order valence-corrected chi connectivity index (χ0v) is 6.19. The van der Waals surface area contributed by atoms with Gasteiger partial charge in [-0.15, -0.1) is 0 Å². The second-order valence-corrected chi connectivity index (χ2v) is 2.33. The Labute approximate surface area is 56.5 Å². The molecule has 0 aliphatic rings. The highest BCUT2D eigenvalue weighted by Crippen LogP contribution is 2.07. The minimum absolute atomic E-state index is 0.305. The molecule has 0 spiro atoms. The molecule has 0 rings (SSSR count). The van der Waals surface area contributed by atoms with E-state index >= 15 is 0 Å². The van der Waals surface area contributed by atoms with Crippen molar-refractivity contribution in [2.45, 2.75) is 19.8 Å². The van der Waals surface area contributed by atoms with Gasteiger partial charge in [-0.3, -0.25) is 0 Å². The molecule has 0 aromatic heterocycles. The lowest BCUT2D eigenvalue weighted by Crippen LogP contribution is -2.02. The van der Waals surface area contributed by atoms with Gasteiger partial charge in [0, 0.05) is 6.61 Å². The third kappa shape index (κ3) is 3.33. The number of thiol groups is 1. The van der Waals surface area contributed by atoms with Gasteiger partial charge in [-0.25, -0.2) is 0 Å². The van der Waals surface area contributed by atoms with Crippen molar-refractivity contribution in [3.63, 3.8) is 0 Å². The molecule has 2 heteroatoms. The van der Waals surface area contributed by atoms with Crippen molar-refractivity contribution >= 4 is 12.6 Å². The second-order valence-electron chi connectivity index (χ2n) is 1.97. The normalized spacial score (nSPS) is 13.9. The summed E-state index contributed by atoms with van der Waals surface area (Å²) < 4.78 is 0. The fourth-order valence-electron chi connectivity index (χ4n) is 0.607. The summed E-state index contributed by atoms with van der Waals surface area (Å²) >= 11 is 4.12. The van der Waals surface area contributed by atoms with Crippen LogP contribution in [0.5, 0.6) is 0 Å². The van der Waals surface area contributed by atoms with Crippen LogP contribution >= 0.6 is 12.6 Å². The molecule has 0 bridgehead atoms. The molecule has 1 nitrogen and oxygen atoms in total. The predicted octanol–water partition coefficient (Wildman–Crippen LogP) is 1.32. The molecule has 0 aromatic rings. The molecule has 8 heavy (non-hydrogen) atoms. The van der Waals surface area contributed by atoms with Crippen LogP contribution in [-0.2, 0) is 0 Å². The molecule has 0 saturated carbocycles. The molecule has 50 valence electrons. The highest BCUT2D eigenvalue weighted by atomic mass is 32.1. The van der Waals surface area contributed by atoms with Crippen LogP contribution in [0.4, 0.5) is 0 Å². The minimum Gasteiger partial charge on any atom is -0.396 e. The summed E-state index contributed by atoms with van der Waals surface area (Å²) in [6.45, 7) is 2.43. The van der Waals surface area contributed by atoms with Gasteiger partial charge in [0.25, 0.3) is 0 Å². The van der Waals surface area contributed by atoms with E-state index in [0.717, 1.165) is 18.6 Å². The summed E-state index contributed by atoms with van der Waals surface area (Å²) in [5, 5.41) is 8.46. The number of rotatable bonds is 4. The number of aliphatic hydroxyl groups excluding tert-OH is 1. The molecular formula is C6H14OS. The Bertz CT molecular complexity index is 43.8. The Balaban J connectivity index is 3.07. The zero-order chi connectivity index (χ0) is 6.41. The van der Waals surface area contributed by atoms with Crippen LogP contribution in [0.3, 0.4) is 0 Å². The Morgan fingerprint density at radius 3 is 2.38 bits per heavy atom. The summed E-state index contributed by atoms with van der Waals surface area (Å²) in [5.41, 5.74) is 0. The van der Waals surface area contributed by atoms with E-state index in [0.29, 0.717) is 12.5 Å². The van der Waals surface area contributed by atoms with Crippen LogP contribution in [0.1, 0.15) is 19.8 Å². The van der Waals surface area contributed by atoms with Gasteiger partial charge < -0.3 is 5.11 Å². The van der Waals surface area contributed by atoms with E-state index in [9.17, 15) is 0 Å². The fraction of sp³-hybridized carbons (Fsp3) is 1.00. The smallest absolute Gasteiger partial charge is 0.0433 e. The van der Waals surface area contributed by atoms with Crippen LogP contribution in [0.25, 0.3) is 0 Å². The largest absolute Gasteiger partial charge is 0.396 e. The Hall–Kier alpha value is 0.310. The summed E-state index contributed by atoms with van der Waals surface area (Å²) in [4.78, 5) is 0. The molecule has 0 amide bonds. The fourth-order valence-corrected chi connectivity index (χ4v) is 1.05. The summed E-state index contributed by atoms with van der Waals surface area (Å²) in [5.74, 6) is 1.51. The van der Waals surface area contributed by atoms with E-state index in [4.69, 9.17) is 5.11 Å². The van der Waals surface area contributed by atoms with Crippen LogP contribution in [0.15, 0.2) is 0 Å². The van der Waals surface area contributed by atoms with Gasteiger partial charge in [0.05, 0.1) is 0 Å². The Morgan fingerprint density at radius 2 is 2.25 bits per heavy atom. The van der Waals surface area contributed by atoms with Gasteiger partial charge in [0.15, 0.2) is 0 Å². The Kier molecular flexibility index (Phi) is 5.66. The van der Waals surface area contributed by atoms with E-state index < -0.39 is 0 Å². The number of aliphatic hydroxyl groups is 1. The van der Waals surface area contributed by atoms with E-state index in [1.807, 2.05) is 0 Å². The molecule has 0 radical (unpaired) electrons. The van der Waals surface area contributed by atoms with E-state index in [1.165, 1.54) is 0 Å². The summed E-state index contributed by atoms with van der Waals surface area (Å²) in [6.07, 6.45) is 2.03. The van der Waals surface area contributed by atoms with Crippen molar-refractivity contribution < 1.29 is 5.11 Å². The van der Waals surface area contributed by atoms with E-state index in [2.05, 4.69) is 19.6 Å². The molecule has 1 N–H and O–H groups in total. The van der Waals surface area contributed by atoms with Crippen molar-refractivity contribution in [3.8, 4) is 0 Å². The molecule has 0 aliphatic heterocycles. The van der Waals surface area contributed by atoms with Gasteiger partial charge in [0.2, 0.25) is 0 Å². The highest BCUT2D eigenvalue weighted by molar-refractivity contribution is 7.80. The lowest BCUT2D eigenvalue weighted by molar-refractivity contribution is 0.262. The summed E-state index contributed by atoms with van der Waals surface area (Å²) in [6, 6.07) is 0. The van der Waals surface area contributed by atoms with Crippen LogP contribution in [0.2, 0.25) is 0 Å². The first-order chi connectivity index (χ1) is 3.85. The third-order valence-electron chi connectivity index (χ3n) is 1.37. The van der Waals surface area contributed by atoms with Crippen LogP contribution in [0, 0.1) is 5.92 Å². The molecule has 0 saturated heterocycles. The molecular weight excluding hydrogens is 120 g/mol. The van der Waals surface area contributed by atoms with Crippen molar-refractivity contribution in [2.75, 3.05) is 12.4 Å². The van der Waals surface area contributed by atoms with Gasteiger partial charge in [-0.1, -0.05) is 13.3 Å². The maximum absolute atomic E-state index is 8.46. The van der Waals surface area contributed by atoms with Gasteiger partial charge in [-0.05, 0) is 18.1 Å². The maximum atomic E-state index is 8.46. The first kappa shape index (κ1) is 8.31. The van der Waals surface area contributed by atoms with E-state index in [-0.39, 0.29) is 0 Å². The number of hydrogen-bond donors (Lipinski definition) is 2. The predicted molar refractivity (Wildman–Crippen MR) is 39.3 cm³/mol. The van der Waals surface area contributed by atoms with Crippen molar-refractivity contribution in [3.05, 3.63) is 0 Å². The summed E-state index contributed by atoms with van der Waals surface area (Å²) in [7, 11) is 0. The monoisotopic (exact) mass is 134 g/mol.